The van der Waals surface area contributed by atoms with Gasteiger partial charge in [0.2, 0.25) is 0 Å². The smallest absolute Gasteiger partial charge is 0.188 e. The van der Waals surface area contributed by atoms with Crippen LogP contribution in [0.5, 0.6) is 0 Å². The van der Waals surface area contributed by atoms with Crippen LogP contribution in [0.2, 0.25) is 0 Å². The molecule has 0 amide bonds. The van der Waals surface area contributed by atoms with E-state index in [0.717, 1.165) is 26.6 Å². The van der Waals surface area contributed by atoms with E-state index in [1.165, 1.54) is 0 Å². The van der Waals surface area contributed by atoms with Crippen molar-refractivity contribution in [1.82, 2.24) is 4.98 Å². The van der Waals surface area contributed by atoms with E-state index in [1.807, 2.05) is 24.3 Å². The van der Waals surface area contributed by atoms with Gasteiger partial charge in [0.1, 0.15) is 0 Å². The van der Waals surface area contributed by atoms with Crippen LogP contribution in [-0.2, 0) is 0 Å². The molecule has 0 saturated carbocycles. The van der Waals surface area contributed by atoms with Crippen molar-refractivity contribution < 1.29 is 4.79 Å². The third-order valence-electron chi connectivity index (χ3n) is 2.46. The van der Waals surface area contributed by atoms with Gasteiger partial charge in [-0.05, 0) is 34.1 Å². The van der Waals surface area contributed by atoms with Crippen molar-refractivity contribution in [3.8, 4) is 0 Å². The molecule has 0 atom stereocenters. The molecule has 2 aromatic rings. The van der Waals surface area contributed by atoms with Gasteiger partial charge in [0, 0.05) is 9.86 Å². The van der Waals surface area contributed by atoms with Crippen LogP contribution in [0.15, 0.2) is 28.7 Å². The fraction of sp³-hybridized carbons (Fsp3) is 0. The summed E-state index contributed by atoms with van der Waals surface area (Å²) in [4.78, 5) is 14.8. The molecule has 1 aromatic carbocycles. The molecule has 3 rings (SSSR count). The first-order valence-electron chi connectivity index (χ1n) is 4.30. The number of H-pyrrole nitrogens is 1. The number of halogens is 1. The highest BCUT2D eigenvalue weighted by Crippen LogP contribution is 2.32. The molecule has 0 saturated heterocycles. The van der Waals surface area contributed by atoms with Crippen LogP contribution in [0.25, 0.3) is 17.0 Å². The minimum absolute atomic E-state index is 0.0874. The molecular formula is C11H6BrNO. The number of rotatable bonds is 0. The van der Waals surface area contributed by atoms with Gasteiger partial charge in [0.05, 0.1) is 16.8 Å². The van der Waals surface area contributed by atoms with E-state index < -0.39 is 0 Å². The van der Waals surface area contributed by atoms with Crippen molar-refractivity contribution in [3.63, 3.8) is 0 Å². The summed E-state index contributed by atoms with van der Waals surface area (Å²) in [6.07, 6.45) is 3.42. The van der Waals surface area contributed by atoms with Crippen LogP contribution in [0.4, 0.5) is 0 Å². The van der Waals surface area contributed by atoms with Crippen LogP contribution >= 0.6 is 15.9 Å². The lowest BCUT2D eigenvalue weighted by Gasteiger charge is -1.94. The number of ketones is 1. The summed E-state index contributed by atoms with van der Waals surface area (Å²) in [5.74, 6) is 0.0874. The number of benzene rings is 1. The SMILES string of the molecule is O=C1C=Cc2[nH]c3c(Br)cccc3c21. The Hall–Kier alpha value is -1.35. The first-order chi connectivity index (χ1) is 6.77. The third-order valence-corrected chi connectivity index (χ3v) is 3.12. The van der Waals surface area contributed by atoms with Crippen molar-refractivity contribution in [2.75, 3.05) is 0 Å². The van der Waals surface area contributed by atoms with Gasteiger partial charge < -0.3 is 4.98 Å². The molecular weight excluding hydrogens is 242 g/mol. The number of hydrogen-bond donors (Lipinski definition) is 1. The summed E-state index contributed by atoms with van der Waals surface area (Å²) in [7, 11) is 0. The van der Waals surface area contributed by atoms with Gasteiger partial charge >= 0.3 is 0 Å². The molecule has 1 aromatic heterocycles. The standard InChI is InChI=1S/C11H6BrNO/c12-7-3-1-2-6-10-8(13-11(6)7)4-5-9(10)14/h1-5,13H. The van der Waals surface area contributed by atoms with E-state index in [0.29, 0.717) is 0 Å². The van der Waals surface area contributed by atoms with Crippen molar-refractivity contribution in [1.29, 1.82) is 0 Å². The lowest BCUT2D eigenvalue weighted by molar-refractivity contribution is 0.105. The Kier molecular flexibility index (Phi) is 1.47. The van der Waals surface area contributed by atoms with Gasteiger partial charge in [0.15, 0.2) is 5.78 Å². The average molecular weight is 248 g/mol. The van der Waals surface area contributed by atoms with Crippen LogP contribution < -0.4 is 0 Å². The van der Waals surface area contributed by atoms with Gasteiger partial charge in [-0.15, -0.1) is 0 Å². The Morgan fingerprint density at radius 2 is 2.07 bits per heavy atom. The average Bonchev–Trinajstić information content (AvgIpc) is 2.68. The Labute approximate surface area is 88.8 Å². The highest BCUT2D eigenvalue weighted by molar-refractivity contribution is 9.10. The van der Waals surface area contributed by atoms with Crippen molar-refractivity contribution in [3.05, 3.63) is 40.0 Å². The second-order valence-electron chi connectivity index (χ2n) is 3.27. The van der Waals surface area contributed by atoms with E-state index in [-0.39, 0.29) is 5.78 Å². The molecule has 1 heterocycles. The van der Waals surface area contributed by atoms with Crippen molar-refractivity contribution in [2.24, 2.45) is 0 Å². The van der Waals surface area contributed by atoms with Crippen LogP contribution in [0.3, 0.4) is 0 Å². The summed E-state index contributed by atoms with van der Waals surface area (Å²) < 4.78 is 0.991. The molecule has 1 N–H and O–H groups in total. The zero-order valence-electron chi connectivity index (χ0n) is 7.17. The van der Waals surface area contributed by atoms with E-state index in [9.17, 15) is 4.79 Å². The maximum absolute atomic E-state index is 11.5. The first-order valence-corrected chi connectivity index (χ1v) is 5.09. The largest absolute Gasteiger partial charge is 0.353 e. The Morgan fingerprint density at radius 3 is 2.93 bits per heavy atom. The molecule has 1 aliphatic rings. The van der Waals surface area contributed by atoms with Crippen LogP contribution in [0.1, 0.15) is 16.1 Å². The van der Waals surface area contributed by atoms with Gasteiger partial charge in [0.25, 0.3) is 0 Å². The number of para-hydroxylation sites is 1. The molecule has 0 spiro atoms. The predicted molar refractivity (Wildman–Crippen MR) is 59.4 cm³/mol. The van der Waals surface area contributed by atoms with E-state index >= 15 is 0 Å². The second-order valence-corrected chi connectivity index (χ2v) is 4.13. The molecule has 68 valence electrons. The Bertz CT molecular complexity index is 580. The lowest BCUT2D eigenvalue weighted by Crippen LogP contribution is -1.88. The lowest BCUT2D eigenvalue weighted by atomic mass is 10.1. The fourth-order valence-corrected chi connectivity index (χ4v) is 2.30. The zero-order chi connectivity index (χ0) is 9.71. The number of carbonyl (C=O) groups is 1. The fourth-order valence-electron chi connectivity index (χ4n) is 1.83. The Balaban J connectivity index is 2.52. The number of hydrogen-bond acceptors (Lipinski definition) is 1. The number of nitrogens with one attached hydrogen (secondary N) is 1. The molecule has 2 nitrogen and oxygen atoms in total. The molecule has 0 aliphatic heterocycles. The maximum atomic E-state index is 11.5. The molecule has 3 heteroatoms. The summed E-state index contributed by atoms with van der Waals surface area (Å²) in [5.41, 5.74) is 2.70. The molecule has 0 radical (unpaired) electrons. The molecule has 0 unspecified atom stereocenters. The number of fused-ring (bicyclic) bond motifs is 3. The molecule has 0 fully saturated rings. The normalized spacial score (nSPS) is 13.9. The summed E-state index contributed by atoms with van der Waals surface area (Å²) in [5, 5.41) is 0.990. The minimum Gasteiger partial charge on any atom is -0.353 e. The number of allylic oxidation sites excluding steroid dienone is 1. The molecule has 0 bridgehead atoms. The summed E-state index contributed by atoms with van der Waals surface area (Å²) in [6.45, 7) is 0. The summed E-state index contributed by atoms with van der Waals surface area (Å²) in [6, 6.07) is 5.86. The Morgan fingerprint density at radius 1 is 1.21 bits per heavy atom. The van der Waals surface area contributed by atoms with E-state index in [2.05, 4.69) is 20.9 Å². The summed E-state index contributed by atoms with van der Waals surface area (Å²) >= 11 is 3.45. The second kappa shape index (κ2) is 2.58. The topological polar surface area (TPSA) is 32.9 Å². The highest BCUT2D eigenvalue weighted by atomic mass is 79.9. The zero-order valence-corrected chi connectivity index (χ0v) is 8.76. The van der Waals surface area contributed by atoms with Crippen LogP contribution in [0, 0.1) is 0 Å². The van der Waals surface area contributed by atoms with E-state index in [1.54, 1.807) is 6.08 Å². The number of aromatic amines is 1. The number of aromatic nitrogens is 1. The van der Waals surface area contributed by atoms with Gasteiger partial charge in [-0.25, -0.2) is 0 Å². The van der Waals surface area contributed by atoms with Gasteiger partial charge in [-0.3, -0.25) is 4.79 Å². The molecule has 14 heavy (non-hydrogen) atoms. The first kappa shape index (κ1) is 8.00. The van der Waals surface area contributed by atoms with Gasteiger partial charge in [-0.2, -0.15) is 0 Å². The minimum atomic E-state index is 0.0874. The quantitative estimate of drug-likeness (QED) is 0.763. The number of carbonyl (C=O) groups excluding carboxylic acids is 1. The van der Waals surface area contributed by atoms with Gasteiger partial charge in [-0.1, -0.05) is 12.1 Å². The monoisotopic (exact) mass is 247 g/mol. The van der Waals surface area contributed by atoms with Crippen molar-refractivity contribution in [2.45, 2.75) is 0 Å². The highest BCUT2D eigenvalue weighted by Gasteiger charge is 2.20. The third kappa shape index (κ3) is 0.876. The maximum Gasteiger partial charge on any atom is 0.188 e. The predicted octanol–water partition coefficient (Wildman–Crippen LogP) is 3.14. The van der Waals surface area contributed by atoms with Crippen molar-refractivity contribution >= 4 is 38.7 Å². The van der Waals surface area contributed by atoms with Crippen LogP contribution in [-0.4, -0.2) is 10.8 Å². The van der Waals surface area contributed by atoms with E-state index in [4.69, 9.17) is 0 Å². The molecule has 1 aliphatic carbocycles.